The maximum atomic E-state index is 13.6. The first-order chi connectivity index (χ1) is 8.63. The Kier molecular flexibility index (Phi) is 3.66. The van der Waals surface area contributed by atoms with E-state index in [1.807, 2.05) is 6.92 Å². The van der Waals surface area contributed by atoms with E-state index < -0.39 is 17.7 Å². The van der Waals surface area contributed by atoms with Crippen LogP contribution in [-0.2, 0) is 6.42 Å². The Morgan fingerprint density at radius 1 is 1.39 bits per heavy atom. The Hall–Kier alpha value is -1.82. The number of hydrogen-bond donors (Lipinski definition) is 1. The van der Waals surface area contributed by atoms with Crippen LogP contribution < -0.4 is 5.73 Å². The van der Waals surface area contributed by atoms with E-state index in [0.29, 0.717) is 12.3 Å². The smallest absolute Gasteiger partial charge is 0.226 e. The van der Waals surface area contributed by atoms with Crippen molar-refractivity contribution in [1.29, 1.82) is 0 Å². The standard InChI is InChI=1S/C12H13F2N3O/c1-2-4-9-16-12(17-18-9)11(15)7-5-3-6-8(13)10(7)14/h3,5-6,11H,2,4,15H2,1H3. The van der Waals surface area contributed by atoms with Gasteiger partial charge in [-0.2, -0.15) is 4.98 Å². The van der Waals surface area contributed by atoms with Crippen molar-refractivity contribution in [3.63, 3.8) is 0 Å². The molecular formula is C12H13F2N3O. The van der Waals surface area contributed by atoms with Crippen LogP contribution >= 0.6 is 0 Å². The summed E-state index contributed by atoms with van der Waals surface area (Å²) in [5.41, 5.74) is 5.82. The summed E-state index contributed by atoms with van der Waals surface area (Å²) in [6, 6.07) is 2.89. The van der Waals surface area contributed by atoms with Gasteiger partial charge in [-0.1, -0.05) is 24.2 Å². The lowest BCUT2D eigenvalue weighted by Crippen LogP contribution is -2.16. The van der Waals surface area contributed by atoms with Gasteiger partial charge in [-0.3, -0.25) is 0 Å². The van der Waals surface area contributed by atoms with Crippen LogP contribution in [0.3, 0.4) is 0 Å². The van der Waals surface area contributed by atoms with Crippen LogP contribution in [0.5, 0.6) is 0 Å². The molecule has 0 fully saturated rings. The van der Waals surface area contributed by atoms with E-state index in [2.05, 4.69) is 10.1 Å². The number of aryl methyl sites for hydroxylation is 1. The summed E-state index contributed by atoms with van der Waals surface area (Å²) >= 11 is 0. The minimum atomic E-state index is -0.980. The summed E-state index contributed by atoms with van der Waals surface area (Å²) in [6.07, 6.45) is 1.48. The minimum Gasteiger partial charge on any atom is -0.339 e. The molecule has 4 nitrogen and oxygen atoms in total. The van der Waals surface area contributed by atoms with Crippen molar-refractivity contribution in [2.75, 3.05) is 0 Å². The molecular weight excluding hydrogens is 240 g/mol. The largest absolute Gasteiger partial charge is 0.339 e. The third-order valence-corrected chi connectivity index (χ3v) is 2.54. The predicted molar refractivity (Wildman–Crippen MR) is 60.7 cm³/mol. The molecule has 1 aromatic carbocycles. The molecule has 0 radical (unpaired) electrons. The van der Waals surface area contributed by atoms with Crippen molar-refractivity contribution >= 4 is 0 Å². The van der Waals surface area contributed by atoms with E-state index >= 15 is 0 Å². The first-order valence-corrected chi connectivity index (χ1v) is 5.65. The fourth-order valence-corrected chi connectivity index (χ4v) is 1.61. The number of aromatic nitrogens is 2. The lowest BCUT2D eigenvalue weighted by Gasteiger charge is -2.08. The van der Waals surface area contributed by atoms with Gasteiger partial charge in [0.25, 0.3) is 0 Å². The topological polar surface area (TPSA) is 64.9 Å². The van der Waals surface area contributed by atoms with Gasteiger partial charge in [0.05, 0.1) is 6.04 Å². The Bertz CT molecular complexity index is 542. The molecule has 0 saturated heterocycles. The first-order valence-electron chi connectivity index (χ1n) is 5.65. The van der Waals surface area contributed by atoms with Crippen LogP contribution in [-0.4, -0.2) is 10.1 Å². The van der Waals surface area contributed by atoms with Gasteiger partial charge < -0.3 is 10.3 Å². The van der Waals surface area contributed by atoms with Crippen molar-refractivity contribution in [2.24, 2.45) is 5.73 Å². The molecule has 2 rings (SSSR count). The molecule has 2 aromatic rings. The summed E-state index contributed by atoms with van der Waals surface area (Å²) in [4.78, 5) is 4.06. The van der Waals surface area contributed by atoms with E-state index in [9.17, 15) is 8.78 Å². The summed E-state index contributed by atoms with van der Waals surface area (Å²) in [5.74, 6) is -1.32. The predicted octanol–water partition coefficient (Wildman–Crippen LogP) is 2.35. The second kappa shape index (κ2) is 5.22. The Morgan fingerprint density at radius 2 is 2.17 bits per heavy atom. The highest BCUT2D eigenvalue weighted by molar-refractivity contribution is 5.26. The van der Waals surface area contributed by atoms with E-state index in [4.69, 9.17) is 10.3 Å². The van der Waals surface area contributed by atoms with Gasteiger partial charge in [0.1, 0.15) is 0 Å². The third kappa shape index (κ3) is 2.38. The van der Waals surface area contributed by atoms with Gasteiger partial charge >= 0.3 is 0 Å². The number of nitrogens with two attached hydrogens (primary N) is 1. The van der Waals surface area contributed by atoms with Crippen LogP contribution in [0.25, 0.3) is 0 Å². The molecule has 6 heteroatoms. The zero-order chi connectivity index (χ0) is 13.1. The molecule has 1 aromatic heterocycles. The Balaban J connectivity index is 2.29. The lowest BCUT2D eigenvalue weighted by atomic mass is 10.1. The maximum absolute atomic E-state index is 13.6. The molecule has 1 heterocycles. The minimum absolute atomic E-state index is 0.0128. The highest BCUT2D eigenvalue weighted by Gasteiger charge is 2.20. The summed E-state index contributed by atoms with van der Waals surface area (Å²) in [7, 11) is 0. The van der Waals surface area contributed by atoms with Gasteiger partial charge in [0, 0.05) is 12.0 Å². The van der Waals surface area contributed by atoms with Gasteiger partial charge in [-0.25, -0.2) is 8.78 Å². The van der Waals surface area contributed by atoms with Gasteiger partial charge in [0.15, 0.2) is 17.5 Å². The zero-order valence-electron chi connectivity index (χ0n) is 9.86. The molecule has 0 saturated carbocycles. The quantitative estimate of drug-likeness (QED) is 0.908. The average Bonchev–Trinajstić information content (AvgIpc) is 2.81. The van der Waals surface area contributed by atoms with E-state index in [1.54, 1.807) is 0 Å². The van der Waals surface area contributed by atoms with Gasteiger partial charge in [-0.05, 0) is 12.5 Å². The molecule has 0 aliphatic carbocycles. The summed E-state index contributed by atoms with van der Waals surface area (Å²) in [5, 5.41) is 3.68. The second-order valence-electron chi connectivity index (χ2n) is 3.92. The number of rotatable bonds is 4. The van der Waals surface area contributed by atoms with Crippen LogP contribution in [0.4, 0.5) is 8.78 Å². The molecule has 0 bridgehead atoms. The average molecular weight is 253 g/mol. The molecule has 0 aliphatic rings. The molecule has 0 amide bonds. The van der Waals surface area contributed by atoms with E-state index in [0.717, 1.165) is 12.5 Å². The van der Waals surface area contributed by atoms with Crippen LogP contribution in [0, 0.1) is 11.6 Å². The molecule has 0 spiro atoms. The van der Waals surface area contributed by atoms with Crippen molar-refractivity contribution in [3.05, 3.63) is 47.1 Å². The fraction of sp³-hybridized carbons (Fsp3) is 0.333. The van der Waals surface area contributed by atoms with E-state index in [1.165, 1.54) is 12.1 Å². The Labute approximate surface area is 103 Å². The summed E-state index contributed by atoms with van der Waals surface area (Å²) < 4.78 is 31.6. The van der Waals surface area contributed by atoms with Crippen LogP contribution in [0.1, 0.15) is 36.7 Å². The normalized spacial score (nSPS) is 12.7. The molecule has 1 atom stereocenters. The van der Waals surface area contributed by atoms with E-state index in [-0.39, 0.29) is 11.4 Å². The van der Waals surface area contributed by atoms with Crippen molar-refractivity contribution in [2.45, 2.75) is 25.8 Å². The van der Waals surface area contributed by atoms with Crippen molar-refractivity contribution in [3.8, 4) is 0 Å². The number of nitrogens with zero attached hydrogens (tertiary/aromatic N) is 2. The monoisotopic (exact) mass is 253 g/mol. The zero-order valence-corrected chi connectivity index (χ0v) is 9.86. The van der Waals surface area contributed by atoms with Crippen molar-refractivity contribution < 1.29 is 13.3 Å². The highest BCUT2D eigenvalue weighted by atomic mass is 19.2. The number of hydrogen-bond acceptors (Lipinski definition) is 4. The highest BCUT2D eigenvalue weighted by Crippen LogP contribution is 2.21. The first kappa shape index (κ1) is 12.6. The molecule has 96 valence electrons. The molecule has 18 heavy (non-hydrogen) atoms. The molecule has 2 N–H and O–H groups in total. The SMILES string of the molecule is CCCc1nc(C(N)c2cccc(F)c2F)no1. The fourth-order valence-electron chi connectivity index (χ4n) is 1.61. The molecule has 1 unspecified atom stereocenters. The maximum Gasteiger partial charge on any atom is 0.226 e. The van der Waals surface area contributed by atoms with Crippen molar-refractivity contribution in [1.82, 2.24) is 10.1 Å². The van der Waals surface area contributed by atoms with Crippen LogP contribution in [0.2, 0.25) is 0 Å². The number of halogens is 2. The summed E-state index contributed by atoms with van der Waals surface area (Å²) in [6.45, 7) is 1.97. The third-order valence-electron chi connectivity index (χ3n) is 2.54. The van der Waals surface area contributed by atoms with Gasteiger partial charge in [0.2, 0.25) is 5.89 Å². The Morgan fingerprint density at radius 3 is 2.89 bits per heavy atom. The van der Waals surface area contributed by atoms with Gasteiger partial charge in [-0.15, -0.1) is 0 Å². The lowest BCUT2D eigenvalue weighted by molar-refractivity contribution is 0.370. The number of benzene rings is 1. The second-order valence-corrected chi connectivity index (χ2v) is 3.92. The molecule has 0 aliphatic heterocycles. The van der Waals surface area contributed by atoms with Crippen LogP contribution in [0.15, 0.2) is 22.7 Å².